The van der Waals surface area contributed by atoms with Gasteiger partial charge in [-0.25, -0.2) is 4.79 Å². The molecule has 3 unspecified atom stereocenters. The van der Waals surface area contributed by atoms with Gasteiger partial charge in [0.05, 0.1) is 18.6 Å². The predicted octanol–water partition coefficient (Wildman–Crippen LogP) is 5.36. The molecule has 2 aliphatic heterocycles. The highest BCUT2D eigenvalue weighted by molar-refractivity contribution is 6.00. The lowest BCUT2D eigenvalue weighted by molar-refractivity contribution is -0.145. The first-order chi connectivity index (χ1) is 16.6. The number of hydrogen-bond acceptors (Lipinski definition) is 6. The first-order valence-corrected chi connectivity index (χ1v) is 12.9. The molecule has 7 nitrogen and oxygen atoms in total. The standard InChI is InChI=1S/C28H39NO6/c1-17(26(31)33-5)25(19-6-7-19)20-8-9-22-23(30)16-21(34-24(22)15-20)14-18-10-12-29(13-11-18)27(32)35-28(2,3)4/h8-9,15,17-19,21,25H,6-7,10-14,16H2,1-5H3. The lowest BCUT2D eigenvalue weighted by Gasteiger charge is -2.35. The van der Waals surface area contributed by atoms with Crippen LogP contribution in [0.15, 0.2) is 18.2 Å². The van der Waals surface area contributed by atoms with E-state index in [-0.39, 0.29) is 35.8 Å². The van der Waals surface area contributed by atoms with Crippen molar-refractivity contribution in [2.24, 2.45) is 17.8 Å². The molecule has 2 heterocycles. The van der Waals surface area contributed by atoms with Gasteiger partial charge >= 0.3 is 12.1 Å². The number of rotatable bonds is 6. The summed E-state index contributed by atoms with van der Waals surface area (Å²) in [7, 11) is 1.43. The zero-order valence-corrected chi connectivity index (χ0v) is 21.7. The molecule has 1 aromatic carbocycles. The topological polar surface area (TPSA) is 82.1 Å². The number of benzene rings is 1. The average molecular weight is 486 g/mol. The highest BCUT2D eigenvalue weighted by Gasteiger charge is 2.40. The van der Waals surface area contributed by atoms with Gasteiger partial charge in [0, 0.05) is 19.5 Å². The van der Waals surface area contributed by atoms with E-state index >= 15 is 0 Å². The molecule has 2 fully saturated rings. The summed E-state index contributed by atoms with van der Waals surface area (Å²) in [5.74, 6) is 1.24. The maximum Gasteiger partial charge on any atom is 0.410 e. The second-order valence-electron chi connectivity index (χ2n) is 11.4. The number of carbonyl (C=O) groups is 3. The highest BCUT2D eigenvalue weighted by Crippen LogP contribution is 2.48. The van der Waals surface area contributed by atoms with Crippen LogP contribution in [0.25, 0.3) is 0 Å². The first-order valence-electron chi connectivity index (χ1n) is 12.9. The Morgan fingerprint density at radius 3 is 2.43 bits per heavy atom. The van der Waals surface area contributed by atoms with Crippen molar-refractivity contribution >= 4 is 17.8 Å². The van der Waals surface area contributed by atoms with Crippen molar-refractivity contribution < 1.29 is 28.6 Å². The second kappa shape index (κ2) is 10.2. The molecule has 1 saturated heterocycles. The molecular formula is C28H39NO6. The fourth-order valence-electron chi connectivity index (χ4n) is 5.55. The Balaban J connectivity index is 1.39. The molecular weight excluding hydrogens is 446 g/mol. The number of amides is 1. The van der Waals surface area contributed by atoms with Crippen LogP contribution in [0, 0.1) is 17.8 Å². The van der Waals surface area contributed by atoms with Crippen LogP contribution in [0.2, 0.25) is 0 Å². The van der Waals surface area contributed by atoms with Gasteiger partial charge in [-0.15, -0.1) is 0 Å². The number of carbonyl (C=O) groups excluding carboxylic acids is 3. The Morgan fingerprint density at radius 1 is 1.14 bits per heavy atom. The summed E-state index contributed by atoms with van der Waals surface area (Å²) in [6.45, 7) is 8.88. The van der Waals surface area contributed by atoms with Crippen LogP contribution in [-0.2, 0) is 14.3 Å². The van der Waals surface area contributed by atoms with Gasteiger partial charge in [-0.05, 0) is 88.3 Å². The van der Waals surface area contributed by atoms with Crippen LogP contribution < -0.4 is 4.74 Å². The van der Waals surface area contributed by atoms with E-state index in [1.54, 1.807) is 4.90 Å². The van der Waals surface area contributed by atoms with Crippen molar-refractivity contribution in [3.63, 3.8) is 0 Å². The maximum atomic E-state index is 12.9. The monoisotopic (exact) mass is 485 g/mol. The summed E-state index contributed by atoms with van der Waals surface area (Å²) in [4.78, 5) is 39.3. The molecule has 0 radical (unpaired) electrons. The molecule has 4 rings (SSSR count). The van der Waals surface area contributed by atoms with E-state index in [4.69, 9.17) is 14.2 Å². The molecule has 192 valence electrons. The molecule has 1 aliphatic carbocycles. The number of ketones is 1. The fraction of sp³-hybridized carbons (Fsp3) is 0.679. The van der Waals surface area contributed by atoms with Gasteiger partial charge in [-0.2, -0.15) is 0 Å². The molecule has 7 heteroatoms. The quantitative estimate of drug-likeness (QED) is 0.505. The van der Waals surface area contributed by atoms with E-state index < -0.39 is 5.60 Å². The Bertz CT molecular complexity index is 955. The Labute approximate surface area is 208 Å². The number of nitrogens with zero attached hydrogens (tertiary/aromatic N) is 1. The maximum absolute atomic E-state index is 12.9. The van der Waals surface area contributed by atoms with Crippen LogP contribution in [0.1, 0.15) is 88.1 Å². The Kier molecular flexibility index (Phi) is 7.43. The third-order valence-corrected chi connectivity index (χ3v) is 7.50. The highest BCUT2D eigenvalue weighted by atomic mass is 16.6. The minimum atomic E-state index is -0.496. The molecule has 0 aromatic heterocycles. The second-order valence-corrected chi connectivity index (χ2v) is 11.4. The van der Waals surface area contributed by atoms with Crippen molar-refractivity contribution in [2.75, 3.05) is 20.2 Å². The number of esters is 1. The van der Waals surface area contributed by atoms with Crippen LogP contribution in [-0.4, -0.2) is 54.7 Å². The van der Waals surface area contributed by atoms with E-state index in [9.17, 15) is 14.4 Å². The molecule has 0 N–H and O–H groups in total. The number of methoxy groups -OCH3 is 1. The number of fused-ring (bicyclic) bond motifs is 1. The fourth-order valence-corrected chi connectivity index (χ4v) is 5.55. The number of hydrogen-bond donors (Lipinski definition) is 0. The van der Waals surface area contributed by atoms with Gasteiger partial charge in [-0.3, -0.25) is 9.59 Å². The van der Waals surface area contributed by atoms with Crippen LogP contribution in [0.4, 0.5) is 4.79 Å². The smallest absolute Gasteiger partial charge is 0.410 e. The van der Waals surface area contributed by atoms with Crippen LogP contribution >= 0.6 is 0 Å². The molecule has 0 spiro atoms. The van der Waals surface area contributed by atoms with Gasteiger partial charge in [-0.1, -0.05) is 13.0 Å². The van der Waals surface area contributed by atoms with Gasteiger partial charge in [0.15, 0.2) is 5.78 Å². The SMILES string of the molecule is COC(=O)C(C)C(c1ccc2c(c1)OC(CC1CCN(C(=O)OC(C)(C)C)CC1)CC2=O)C1CC1. The number of likely N-dealkylation sites (tertiary alicyclic amines) is 1. The first kappa shape index (κ1) is 25.5. The normalized spacial score (nSPS) is 22.6. The van der Waals surface area contributed by atoms with Gasteiger partial charge in [0.25, 0.3) is 0 Å². The Hall–Kier alpha value is -2.57. The summed E-state index contributed by atoms with van der Waals surface area (Å²) in [5, 5.41) is 0. The number of Topliss-reactive ketones (excluding diaryl/α,β-unsaturated/α-hetero) is 1. The Morgan fingerprint density at radius 2 is 1.83 bits per heavy atom. The third-order valence-electron chi connectivity index (χ3n) is 7.50. The van der Waals surface area contributed by atoms with E-state index in [1.807, 2.05) is 45.9 Å². The van der Waals surface area contributed by atoms with Gasteiger partial charge in [0.2, 0.25) is 0 Å². The largest absolute Gasteiger partial charge is 0.489 e. The van der Waals surface area contributed by atoms with Crippen molar-refractivity contribution in [2.45, 2.75) is 83.8 Å². The average Bonchev–Trinajstić information content (AvgIpc) is 3.63. The van der Waals surface area contributed by atoms with E-state index in [0.717, 1.165) is 37.7 Å². The minimum Gasteiger partial charge on any atom is -0.489 e. The van der Waals surface area contributed by atoms with E-state index in [0.29, 0.717) is 42.7 Å². The molecule has 3 atom stereocenters. The lowest BCUT2D eigenvalue weighted by atomic mass is 9.82. The summed E-state index contributed by atoms with van der Waals surface area (Å²) in [6, 6.07) is 5.82. The summed E-state index contributed by atoms with van der Waals surface area (Å²) < 4.78 is 16.9. The van der Waals surface area contributed by atoms with Gasteiger partial charge in [0.1, 0.15) is 17.5 Å². The third kappa shape index (κ3) is 6.17. The lowest BCUT2D eigenvalue weighted by Crippen LogP contribution is -2.42. The molecule has 35 heavy (non-hydrogen) atoms. The van der Waals surface area contributed by atoms with Gasteiger partial charge < -0.3 is 19.1 Å². The van der Waals surface area contributed by atoms with E-state index in [2.05, 4.69) is 0 Å². The summed E-state index contributed by atoms with van der Waals surface area (Å²) >= 11 is 0. The van der Waals surface area contributed by atoms with Crippen LogP contribution in [0.3, 0.4) is 0 Å². The molecule has 1 amide bonds. The van der Waals surface area contributed by atoms with Crippen LogP contribution in [0.5, 0.6) is 5.75 Å². The zero-order chi connectivity index (χ0) is 25.3. The van der Waals surface area contributed by atoms with Crippen molar-refractivity contribution in [3.8, 4) is 5.75 Å². The number of piperidine rings is 1. The van der Waals surface area contributed by atoms with Crippen molar-refractivity contribution in [1.29, 1.82) is 0 Å². The van der Waals surface area contributed by atoms with Crippen molar-refractivity contribution in [3.05, 3.63) is 29.3 Å². The molecule has 3 aliphatic rings. The molecule has 1 aromatic rings. The zero-order valence-electron chi connectivity index (χ0n) is 21.7. The molecule has 1 saturated carbocycles. The minimum absolute atomic E-state index is 0.0732. The molecule has 0 bridgehead atoms. The van der Waals surface area contributed by atoms with E-state index in [1.165, 1.54) is 7.11 Å². The van der Waals surface area contributed by atoms with Crippen molar-refractivity contribution in [1.82, 2.24) is 4.90 Å². The summed E-state index contributed by atoms with van der Waals surface area (Å²) in [6.07, 6.45) is 4.71. The number of ether oxygens (including phenoxy) is 3. The summed E-state index contributed by atoms with van der Waals surface area (Å²) in [5.41, 5.74) is 1.18. The predicted molar refractivity (Wildman–Crippen MR) is 132 cm³/mol.